The normalized spacial score (nSPS) is 22.6. The van der Waals surface area contributed by atoms with Crippen LogP contribution in [0, 0.1) is 64.6 Å². The number of hydrogen-bond donors (Lipinski definition) is 0. The summed E-state index contributed by atoms with van der Waals surface area (Å²) in [6.45, 7) is 23.4. The molecule has 3 unspecified atom stereocenters. The highest BCUT2D eigenvalue weighted by Gasteiger charge is 2.40. The van der Waals surface area contributed by atoms with Gasteiger partial charge in [0.15, 0.2) is 16.6 Å². The van der Waals surface area contributed by atoms with Crippen molar-refractivity contribution >= 4 is 78.9 Å². The van der Waals surface area contributed by atoms with E-state index in [0.717, 1.165) is 165 Å². The van der Waals surface area contributed by atoms with Gasteiger partial charge in [-0.1, -0.05) is 137 Å². The lowest BCUT2D eigenvalue weighted by Gasteiger charge is -2.38. The second-order valence-corrected chi connectivity index (χ2v) is 46.5. The van der Waals surface area contributed by atoms with E-state index in [4.69, 9.17) is 50.9 Å². The molecule has 0 spiro atoms. The van der Waals surface area contributed by atoms with Crippen molar-refractivity contribution in [2.24, 2.45) is 64.6 Å². The summed E-state index contributed by atoms with van der Waals surface area (Å²) in [5.74, 6) is 5.78. The Morgan fingerprint density at radius 3 is 1.38 bits per heavy atom. The van der Waals surface area contributed by atoms with Gasteiger partial charge in [0.2, 0.25) is 0 Å². The van der Waals surface area contributed by atoms with Gasteiger partial charge in [0.05, 0.1) is 26.2 Å². The van der Waals surface area contributed by atoms with Gasteiger partial charge in [-0.05, 0) is 212 Å². The van der Waals surface area contributed by atoms with Gasteiger partial charge in [0, 0.05) is 45.1 Å². The first-order valence-corrected chi connectivity index (χ1v) is 50.6. The fourth-order valence-electron chi connectivity index (χ4n) is 16.3. The van der Waals surface area contributed by atoms with E-state index in [1.54, 1.807) is 0 Å². The summed E-state index contributed by atoms with van der Waals surface area (Å²) in [6, 6.07) is 2.25. The second-order valence-electron chi connectivity index (χ2n) is 32.8. The molecule has 4 saturated carbocycles. The Balaban J connectivity index is 1.09. The van der Waals surface area contributed by atoms with Crippen molar-refractivity contribution in [2.45, 2.75) is 317 Å². The Kier molecular flexibility index (Phi) is 45.2. The Hall–Kier alpha value is -3.03. The van der Waals surface area contributed by atoms with Gasteiger partial charge >= 0.3 is 50.5 Å². The van der Waals surface area contributed by atoms with Crippen LogP contribution in [0.15, 0.2) is 0 Å². The summed E-state index contributed by atoms with van der Waals surface area (Å²) in [7, 11) is -2.99. The van der Waals surface area contributed by atoms with Gasteiger partial charge in [-0.2, -0.15) is 11.8 Å². The summed E-state index contributed by atoms with van der Waals surface area (Å²) < 4.78 is 62.9. The fraction of sp³-hybridized carbons (Fsp3) is 0.911. The summed E-state index contributed by atoms with van der Waals surface area (Å²) >= 11 is 1.95. The third-order valence-corrected chi connectivity index (χ3v) is 35.6. The van der Waals surface area contributed by atoms with E-state index in [-0.39, 0.29) is 87.3 Å². The molecular weight excluding hydrogens is 1350 g/mol. The van der Waals surface area contributed by atoms with E-state index >= 15 is 0 Å². The van der Waals surface area contributed by atoms with Crippen molar-refractivity contribution in [1.29, 1.82) is 0 Å². The van der Waals surface area contributed by atoms with Crippen molar-refractivity contribution in [1.82, 2.24) is 0 Å². The number of unbranched alkanes of at least 4 members (excludes halogenated alkanes) is 3. The lowest BCUT2D eigenvalue weighted by atomic mass is 9.72. The van der Waals surface area contributed by atoms with Crippen LogP contribution in [0.4, 0.5) is 4.79 Å². The first kappa shape index (κ1) is 90.4. The number of methoxy groups -OCH3 is 2. The van der Waals surface area contributed by atoms with E-state index in [1.807, 2.05) is 11.8 Å². The van der Waals surface area contributed by atoms with Gasteiger partial charge < -0.3 is 50.9 Å². The third-order valence-electron chi connectivity index (χ3n) is 22.8. The fourth-order valence-corrected chi connectivity index (χ4v) is 32.6. The molecule has 0 aliphatic heterocycles. The topological polar surface area (TPSA) is 221 Å². The molecule has 101 heavy (non-hydrogen) atoms. The Labute approximate surface area is 619 Å². The molecule has 0 N–H and O–H groups in total. The van der Waals surface area contributed by atoms with Gasteiger partial charge in [-0.3, -0.25) is 28.8 Å². The number of thioether (sulfide) groups is 1. The molecular formula is C79H144O18SSi3. The van der Waals surface area contributed by atoms with Gasteiger partial charge in [-0.25, -0.2) is 4.79 Å². The number of carbonyl (C=O) groups excluding carboxylic acids is 7. The Morgan fingerprint density at radius 2 is 0.871 bits per heavy atom. The molecule has 22 heteroatoms. The number of esters is 6. The maximum absolute atomic E-state index is 13.7. The Bertz CT molecular complexity index is 2310. The van der Waals surface area contributed by atoms with Crippen LogP contribution in [-0.4, -0.2) is 146 Å². The first-order valence-electron chi connectivity index (χ1n) is 40.4. The molecule has 0 heterocycles. The van der Waals surface area contributed by atoms with Crippen molar-refractivity contribution < 1.29 is 84.4 Å². The minimum atomic E-state index is -2.24. The van der Waals surface area contributed by atoms with Gasteiger partial charge in [0.1, 0.15) is 39.6 Å². The molecule has 0 bridgehead atoms. The van der Waals surface area contributed by atoms with E-state index in [1.165, 1.54) is 65.2 Å². The summed E-state index contributed by atoms with van der Waals surface area (Å²) in [5, 5.41) is 0. The summed E-state index contributed by atoms with van der Waals surface area (Å²) in [5.41, 5.74) is -0.647. The average Bonchev–Trinajstić information content (AvgIpc) is 0.853. The molecule has 0 radical (unpaired) electrons. The minimum absolute atomic E-state index is 0.0423. The zero-order valence-electron chi connectivity index (χ0n) is 65.7. The van der Waals surface area contributed by atoms with Crippen LogP contribution < -0.4 is 0 Å². The van der Waals surface area contributed by atoms with E-state index in [2.05, 4.69) is 67.0 Å². The second kappa shape index (κ2) is 50.5. The lowest BCUT2D eigenvalue weighted by molar-refractivity contribution is -0.159. The van der Waals surface area contributed by atoms with Crippen LogP contribution in [0.2, 0.25) is 51.4 Å². The molecule has 4 fully saturated rings. The molecule has 0 aromatic carbocycles. The van der Waals surface area contributed by atoms with Crippen LogP contribution in [0.3, 0.4) is 0 Å². The molecule has 4 aliphatic carbocycles. The molecule has 0 aromatic rings. The van der Waals surface area contributed by atoms with Gasteiger partial charge in [-0.15, -0.1) is 0 Å². The maximum Gasteiger partial charge on any atom is 0.508 e. The van der Waals surface area contributed by atoms with E-state index < -0.39 is 36.8 Å². The molecule has 18 nitrogen and oxygen atoms in total. The summed E-state index contributed by atoms with van der Waals surface area (Å²) in [6.07, 6.45) is 34.6. The molecule has 0 saturated heterocycles. The van der Waals surface area contributed by atoms with Crippen molar-refractivity contribution in [3.05, 3.63) is 0 Å². The SMILES string of the molecule is CCCC[Si](C)(C)O[Si](C)(C)O[Si](C)(C)CCSCCCOCC(CC)(COC(=O)CCCCC(CC)CC1CCC(CC(=O)OC)CC1)COC(=O)CC1CCC(CC2CCC(CC(=O)OCCOC(=O)OCCOC(=O)CC3CCC(CCCCC(CC)CC(=O)OC)CC3)CC2)CC1. The van der Waals surface area contributed by atoms with Crippen LogP contribution in [0.1, 0.15) is 265 Å². The number of carbonyl (C=O) groups is 7. The molecule has 4 aliphatic rings. The molecule has 0 amide bonds. The highest BCUT2D eigenvalue weighted by atomic mass is 32.2. The molecule has 4 rings (SSSR count). The number of rotatable bonds is 53. The van der Waals surface area contributed by atoms with Crippen molar-refractivity contribution in [2.75, 3.05) is 78.6 Å². The first-order chi connectivity index (χ1) is 48.3. The molecule has 586 valence electrons. The van der Waals surface area contributed by atoms with Crippen LogP contribution in [0.5, 0.6) is 0 Å². The smallest absolute Gasteiger partial charge is 0.469 e. The lowest BCUT2D eigenvalue weighted by Crippen LogP contribution is -2.52. The monoisotopic (exact) mass is 1500 g/mol. The highest BCUT2D eigenvalue weighted by Crippen LogP contribution is 2.42. The maximum atomic E-state index is 13.7. The summed E-state index contributed by atoms with van der Waals surface area (Å²) in [4.78, 5) is 88.0. The standard InChI is InChI=1S/C79H144O18SSi3/c1-13-17-50-99(7,8)96-101(11,12)97-100(9,10)51-49-98-48-22-43-89-59-79(16-4,60-94-72(80)26-21-20-23-62(14-2)52-65-31-37-68(38-32-65)55-74(82)88-6)61-95-77(85)58-71-41-35-67(36-42-71)53-66-33-39-70(40-34-66)57-76(84)91-45-47-93-78(86)92-46-44-90-75(83)56-69-29-27-64(28-30-69)25-19-18-24-63(15-3)54-73(81)87-5/h62-71H,13-61H2,1-12H3. The highest BCUT2D eigenvalue weighted by molar-refractivity contribution is 7.99. The number of ether oxygens (including phenoxy) is 9. The minimum Gasteiger partial charge on any atom is -0.469 e. The predicted octanol–water partition coefficient (Wildman–Crippen LogP) is 19.3. The largest absolute Gasteiger partial charge is 0.508 e. The van der Waals surface area contributed by atoms with E-state index in [9.17, 15) is 33.6 Å². The van der Waals surface area contributed by atoms with Crippen molar-refractivity contribution in [3.63, 3.8) is 0 Å². The van der Waals surface area contributed by atoms with Crippen molar-refractivity contribution in [3.8, 4) is 0 Å². The van der Waals surface area contributed by atoms with E-state index in [0.29, 0.717) is 106 Å². The predicted molar refractivity (Wildman–Crippen MR) is 408 cm³/mol. The Morgan fingerprint density at radius 1 is 0.426 bits per heavy atom. The molecule has 3 atom stereocenters. The van der Waals surface area contributed by atoms with Gasteiger partial charge in [0.25, 0.3) is 0 Å². The van der Waals surface area contributed by atoms with Crippen LogP contribution >= 0.6 is 11.8 Å². The average molecular weight is 1500 g/mol. The zero-order valence-corrected chi connectivity index (χ0v) is 69.5. The zero-order chi connectivity index (χ0) is 73.9. The van der Waals surface area contributed by atoms with Crippen LogP contribution in [0.25, 0.3) is 0 Å². The third kappa shape index (κ3) is 41.0. The molecule has 0 aromatic heterocycles. The van der Waals surface area contributed by atoms with Crippen LogP contribution in [-0.2, 0) is 79.6 Å². The quantitative estimate of drug-likeness (QED) is 0.0239. The number of hydrogen-bond acceptors (Lipinski definition) is 19.